The third-order valence-electron chi connectivity index (χ3n) is 3.88. The van der Waals surface area contributed by atoms with Gasteiger partial charge in [0.05, 0.1) is 18.6 Å². The maximum Gasteiger partial charge on any atom is 0.338 e. The Bertz CT molecular complexity index is 843. The van der Waals surface area contributed by atoms with Gasteiger partial charge in [0.1, 0.15) is 6.04 Å². The zero-order valence-corrected chi connectivity index (χ0v) is 14.5. The number of benzene rings is 1. The minimum Gasteiger partial charge on any atom is -0.462 e. The van der Waals surface area contributed by atoms with Crippen LogP contribution in [0.15, 0.2) is 24.3 Å². The smallest absolute Gasteiger partial charge is 0.338 e. The third-order valence-corrected chi connectivity index (χ3v) is 3.88. The molecule has 0 unspecified atom stereocenters. The molecule has 2 aromatic rings. The van der Waals surface area contributed by atoms with Gasteiger partial charge in [-0.15, -0.1) is 0 Å². The van der Waals surface area contributed by atoms with Crippen LogP contribution >= 0.6 is 0 Å². The monoisotopic (exact) mass is 357 g/mol. The molecule has 1 atom stereocenters. The van der Waals surface area contributed by atoms with Crippen LogP contribution in [0.25, 0.3) is 0 Å². The van der Waals surface area contributed by atoms with E-state index in [9.17, 15) is 14.4 Å². The Morgan fingerprint density at radius 1 is 1.27 bits per heavy atom. The first-order valence-electron chi connectivity index (χ1n) is 8.35. The molecule has 1 aliphatic rings. The summed E-state index contributed by atoms with van der Waals surface area (Å²) in [4.78, 5) is 40.1. The fraction of sp³-hybridized carbons (Fsp3) is 0.353. The fourth-order valence-electron chi connectivity index (χ4n) is 2.60. The van der Waals surface area contributed by atoms with Crippen molar-refractivity contribution in [3.63, 3.8) is 0 Å². The van der Waals surface area contributed by atoms with E-state index in [0.29, 0.717) is 36.1 Å². The SMILES string of the molecule is CCOC(=O)c1ccc(NC(=O)C[C@H]2C(=O)Nc3nc(CC)nn32)cc1. The number of carbonyl (C=O) groups excluding carboxylic acids is 3. The van der Waals surface area contributed by atoms with Crippen molar-refractivity contribution >= 4 is 29.4 Å². The van der Waals surface area contributed by atoms with E-state index >= 15 is 0 Å². The first kappa shape index (κ1) is 17.6. The van der Waals surface area contributed by atoms with Gasteiger partial charge in [-0.2, -0.15) is 10.1 Å². The third kappa shape index (κ3) is 3.56. The molecule has 1 aromatic carbocycles. The predicted molar refractivity (Wildman–Crippen MR) is 92.7 cm³/mol. The highest BCUT2D eigenvalue weighted by molar-refractivity contribution is 6.01. The Morgan fingerprint density at radius 2 is 2.00 bits per heavy atom. The van der Waals surface area contributed by atoms with Gasteiger partial charge in [-0.05, 0) is 31.2 Å². The first-order chi connectivity index (χ1) is 12.5. The lowest BCUT2D eigenvalue weighted by atomic mass is 10.1. The lowest BCUT2D eigenvalue weighted by Crippen LogP contribution is -2.24. The number of ether oxygens (including phenoxy) is 1. The van der Waals surface area contributed by atoms with Crippen LogP contribution in [0.4, 0.5) is 11.6 Å². The maximum atomic E-state index is 12.3. The molecule has 2 amide bonds. The summed E-state index contributed by atoms with van der Waals surface area (Å²) >= 11 is 0. The Balaban J connectivity index is 1.63. The normalized spacial score (nSPS) is 15.3. The van der Waals surface area contributed by atoms with Crippen LogP contribution < -0.4 is 10.6 Å². The molecule has 2 N–H and O–H groups in total. The average molecular weight is 357 g/mol. The van der Waals surface area contributed by atoms with Crippen LogP contribution in [0.5, 0.6) is 0 Å². The van der Waals surface area contributed by atoms with Gasteiger partial charge < -0.3 is 10.1 Å². The standard InChI is InChI=1S/C17H19N5O4/c1-3-13-19-17-20-15(24)12(22(17)21-13)9-14(23)18-11-7-5-10(6-8-11)16(25)26-4-2/h5-8,12H,3-4,9H2,1-2H3,(H,18,23)(H,19,20,21,24)/t12-/m0/s1. The predicted octanol–water partition coefficient (Wildman–Crippen LogP) is 1.54. The van der Waals surface area contributed by atoms with Crippen LogP contribution in [0, 0.1) is 0 Å². The summed E-state index contributed by atoms with van der Waals surface area (Å²) in [6.45, 7) is 3.94. The van der Waals surface area contributed by atoms with E-state index < -0.39 is 12.0 Å². The largest absolute Gasteiger partial charge is 0.462 e. The number of carbonyl (C=O) groups is 3. The van der Waals surface area contributed by atoms with E-state index in [1.807, 2.05) is 6.92 Å². The van der Waals surface area contributed by atoms with Crippen molar-refractivity contribution < 1.29 is 19.1 Å². The number of aromatic nitrogens is 3. The van der Waals surface area contributed by atoms with Crippen molar-refractivity contribution in [2.75, 3.05) is 17.2 Å². The second kappa shape index (κ2) is 7.34. The molecule has 0 saturated carbocycles. The van der Waals surface area contributed by atoms with E-state index in [1.54, 1.807) is 31.2 Å². The van der Waals surface area contributed by atoms with Crippen molar-refractivity contribution in [1.82, 2.24) is 14.8 Å². The molecule has 0 radical (unpaired) electrons. The molecule has 9 heteroatoms. The number of hydrogen-bond acceptors (Lipinski definition) is 6. The summed E-state index contributed by atoms with van der Waals surface area (Å²) in [6.07, 6.45) is 0.576. The van der Waals surface area contributed by atoms with Crippen LogP contribution in [0.2, 0.25) is 0 Å². The Kier molecular flexibility index (Phi) is 4.97. The quantitative estimate of drug-likeness (QED) is 0.758. The summed E-state index contributed by atoms with van der Waals surface area (Å²) in [5, 5.41) is 9.57. The van der Waals surface area contributed by atoms with E-state index in [4.69, 9.17) is 4.74 Å². The molecule has 0 bridgehead atoms. The summed E-state index contributed by atoms with van der Waals surface area (Å²) < 4.78 is 6.36. The Hall–Kier alpha value is -3.23. The summed E-state index contributed by atoms with van der Waals surface area (Å²) in [6, 6.07) is 5.62. The van der Waals surface area contributed by atoms with Gasteiger partial charge in [0, 0.05) is 12.1 Å². The van der Waals surface area contributed by atoms with Gasteiger partial charge in [-0.3, -0.25) is 14.9 Å². The summed E-state index contributed by atoms with van der Waals surface area (Å²) in [5.74, 6) is -0.0901. The van der Waals surface area contributed by atoms with Crippen LogP contribution in [-0.2, 0) is 20.7 Å². The van der Waals surface area contributed by atoms with E-state index in [1.165, 1.54) is 4.68 Å². The van der Waals surface area contributed by atoms with Crippen molar-refractivity contribution in [2.45, 2.75) is 32.7 Å². The highest BCUT2D eigenvalue weighted by Crippen LogP contribution is 2.25. The number of nitrogens with zero attached hydrogens (tertiary/aromatic N) is 3. The molecule has 136 valence electrons. The van der Waals surface area contributed by atoms with Gasteiger partial charge in [0.15, 0.2) is 5.82 Å². The Morgan fingerprint density at radius 3 is 2.65 bits per heavy atom. The molecule has 26 heavy (non-hydrogen) atoms. The summed E-state index contributed by atoms with van der Waals surface area (Å²) in [7, 11) is 0. The molecule has 1 aromatic heterocycles. The van der Waals surface area contributed by atoms with Crippen molar-refractivity contribution in [2.24, 2.45) is 0 Å². The molecular weight excluding hydrogens is 338 g/mol. The van der Waals surface area contributed by atoms with Crippen LogP contribution in [0.3, 0.4) is 0 Å². The maximum absolute atomic E-state index is 12.3. The number of rotatable bonds is 6. The molecule has 0 aliphatic carbocycles. The zero-order valence-electron chi connectivity index (χ0n) is 14.5. The highest BCUT2D eigenvalue weighted by Gasteiger charge is 2.34. The van der Waals surface area contributed by atoms with Crippen LogP contribution in [-0.4, -0.2) is 39.2 Å². The van der Waals surface area contributed by atoms with Gasteiger partial charge in [0.2, 0.25) is 11.9 Å². The van der Waals surface area contributed by atoms with Gasteiger partial charge in [-0.25, -0.2) is 9.48 Å². The highest BCUT2D eigenvalue weighted by atomic mass is 16.5. The lowest BCUT2D eigenvalue weighted by molar-refractivity contribution is -0.123. The first-order valence-corrected chi connectivity index (χ1v) is 8.35. The molecule has 0 spiro atoms. The van der Waals surface area contributed by atoms with E-state index in [2.05, 4.69) is 20.7 Å². The summed E-state index contributed by atoms with van der Waals surface area (Å²) in [5.41, 5.74) is 0.925. The second-order valence-corrected chi connectivity index (χ2v) is 5.70. The number of anilines is 2. The number of fused-ring (bicyclic) bond motifs is 1. The molecule has 0 fully saturated rings. The number of hydrogen-bond donors (Lipinski definition) is 2. The zero-order chi connectivity index (χ0) is 18.7. The second-order valence-electron chi connectivity index (χ2n) is 5.70. The van der Waals surface area contributed by atoms with Crippen molar-refractivity contribution in [3.8, 4) is 0 Å². The van der Waals surface area contributed by atoms with Crippen molar-refractivity contribution in [1.29, 1.82) is 0 Å². The Labute approximate surface area is 149 Å². The fourth-order valence-corrected chi connectivity index (χ4v) is 2.60. The average Bonchev–Trinajstić information content (AvgIpc) is 3.14. The van der Waals surface area contributed by atoms with Crippen LogP contribution in [0.1, 0.15) is 42.5 Å². The minimum atomic E-state index is -0.725. The van der Waals surface area contributed by atoms with Gasteiger partial charge in [-0.1, -0.05) is 6.92 Å². The van der Waals surface area contributed by atoms with E-state index in [0.717, 1.165) is 0 Å². The molecule has 9 nitrogen and oxygen atoms in total. The molecule has 2 heterocycles. The topological polar surface area (TPSA) is 115 Å². The number of aryl methyl sites for hydroxylation is 1. The number of esters is 1. The molecule has 0 saturated heterocycles. The van der Waals surface area contributed by atoms with Gasteiger partial charge >= 0.3 is 5.97 Å². The lowest BCUT2D eigenvalue weighted by Gasteiger charge is -2.10. The van der Waals surface area contributed by atoms with E-state index in [-0.39, 0.29) is 18.2 Å². The molecule has 1 aliphatic heterocycles. The number of nitrogens with one attached hydrogen (secondary N) is 2. The van der Waals surface area contributed by atoms with Crippen molar-refractivity contribution in [3.05, 3.63) is 35.7 Å². The van der Waals surface area contributed by atoms with Gasteiger partial charge in [0.25, 0.3) is 5.91 Å². The minimum absolute atomic E-state index is 0.0645. The molecular formula is C17H19N5O4. The number of amides is 2. The molecule has 3 rings (SSSR count).